The number of nitrogens with one attached hydrogen (secondary N) is 2. The Morgan fingerprint density at radius 3 is 2.86 bits per heavy atom. The van der Waals surface area contributed by atoms with Gasteiger partial charge in [-0.25, -0.2) is 0 Å². The fourth-order valence-corrected chi connectivity index (χ4v) is 2.90. The molecule has 1 heterocycles. The van der Waals surface area contributed by atoms with Crippen molar-refractivity contribution in [1.29, 1.82) is 0 Å². The van der Waals surface area contributed by atoms with Crippen molar-refractivity contribution in [2.45, 2.75) is 32.1 Å². The number of anilines is 1. The molecular weight excluding hydrogens is 274 g/mol. The van der Waals surface area contributed by atoms with E-state index in [9.17, 15) is 4.79 Å². The molecule has 4 heteroatoms. The largest absolute Gasteiger partial charge is 0.375 e. The number of carbonyl (C=O) groups excluding carboxylic acids is 1. The van der Waals surface area contributed by atoms with Crippen LogP contribution in [0.4, 0.5) is 5.69 Å². The van der Waals surface area contributed by atoms with Crippen LogP contribution in [0.25, 0.3) is 0 Å². The van der Waals surface area contributed by atoms with E-state index < -0.39 is 0 Å². The molecule has 4 nitrogen and oxygen atoms in total. The third-order valence-corrected chi connectivity index (χ3v) is 4.38. The van der Waals surface area contributed by atoms with Gasteiger partial charge >= 0.3 is 0 Å². The van der Waals surface area contributed by atoms with Gasteiger partial charge in [-0.05, 0) is 56.8 Å². The summed E-state index contributed by atoms with van der Waals surface area (Å²) in [6, 6.07) is 10.4. The number of amides is 1. The van der Waals surface area contributed by atoms with Crippen molar-refractivity contribution < 1.29 is 4.79 Å². The van der Waals surface area contributed by atoms with Crippen LogP contribution in [0.5, 0.6) is 0 Å². The molecule has 1 amide bonds. The van der Waals surface area contributed by atoms with Gasteiger partial charge < -0.3 is 15.5 Å². The number of hydrogen-bond donors (Lipinski definition) is 2. The lowest BCUT2D eigenvalue weighted by molar-refractivity contribution is -0.121. The van der Waals surface area contributed by atoms with Gasteiger partial charge in [0, 0.05) is 32.2 Å². The Balaban J connectivity index is 1.49. The smallest absolute Gasteiger partial charge is 0.220 e. The second-order valence-electron chi connectivity index (χ2n) is 6.21. The van der Waals surface area contributed by atoms with Gasteiger partial charge in [0.15, 0.2) is 0 Å². The predicted octanol–water partition coefficient (Wildman–Crippen LogP) is 2.41. The van der Waals surface area contributed by atoms with E-state index in [-0.39, 0.29) is 5.91 Å². The number of hydrogen-bond acceptors (Lipinski definition) is 3. The lowest BCUT2D eigenvalue weighted by Crippen LogP contribution is -2.26. The highest BCUT2D eigenvalue weighted by atomic mass is 16.1. The van der Waals surface area contributed by atoms with Gasteiger partial charge in [0.2, 0.25) is 5.91 Å². The van der Waals surface area contributed by atoms with Gasteiger partial charge in [-0.2, -0.15) is 0 Å². The fraction of sp³-hybridized carbons (Fsp3) is 0.611. The van der Waals surface area contributed by atoms with Crippen LogP contribution in [0.3, 0.4) is 0 Å². The second-order valence-corrected chi connectivity index (χ2v) is 6.21. The summed E-state index contributed by atoms with van der Waals surface area (Å²) in [5.74, 6) is 0.911. The van der Waals surface area contributed by atoms with Crippen LogP contribution in [0.1, 0.15) is 32.1 Å². The lowest BCUT2D eigenvalue weighted by Gasteiger charge is -2.19. The molecule has 22 heavy (non-hydrogen) atoms. The molecular formula is C18H29N3O. The summed E-state index contributed by atoms with van der Waals surface area (Å²) in [4.78, 5) is 14.0. The van der Waals surface area contributed by atoms with E-state index >= 15 is 0 Å². The third kappa shape index (κ3) is 6.06. The number of benzene rings is 1. The number of nitrogens with zero attached hydrogens (tertiary/aromatic N) is 1. The molecule has 1 aromatic rings. The van der Waals surface area contributed by atoms with Crippen LogP contribution in [-0.2, 0) is 4.79 Å². The molecule has 0 spiro atoms. The summed E-state index contributed by atoms with van der Waals surface area (Å²) in [5.41, 5.74) is 1.25. The minimum atomic E-state index is 0.211. The van der Waals surface area contributed by atoms with Crippen molar-refractivity contribution >= 4 is 11.6 Å². The topological polar surface area (TPSA) is 44.4 Å². The number of rotatable bonds is 9. The van der Waals surface area contributed by atoms with Gasteiger partial charge in [-0.1, -0.05) is 18.2 Å². The van der Waals surface area contributed by atoms with E-state index in [1.165, 1.54) is 12.1 Å². The molecule has 0 radical (unpaired) electrons. The van der Waals surface area contributed by atoms with Gasteiger partial charge in [-0.3, -0.25) is 4.79 Å². The summed E-state index contributed by atoms with van der Waals surface area (Å²) in [6.45, 7) is 4.01. The Morgan fingerprint density at radius 2 is 2.14 bits per heavy atom. The Bertz CT molecular complexity index is 429. The first kappa shape index (κ1) is 16.8. The average Bonchev–Trinajstić information content (AvgIpc) is 3.06. The van der Waals surface area contributed by atoms with Gasteiger partial charge in [0.25, 0.3) is 0 Å². The molecule has 0 aliphatic carbocycles. The molecule has 122 valence electrons. The zero-order valence-electron chi connectivity index (χ0n) is 13.7. The molecule has 0 saturated carbocycles. The first-order valence-electron chi connectivity index (χ1n) is 8.49. The van der Waals surface area contributed by atoms with Crippen LogP contribution in [0, 0.1) is 5.92 Å². The van der Waals surface area contributed by atoms with Crippen LogP contribution in [0.15, 0.2) is 30.3 Å². The maximum Gasteiger partial charge on any atom is 0.220 e. The second kappa shape index (κ2) is 9.46. The van der Waals surface area contributed by atoms with Crippen molar-refractivity contribution in [3.05, 3.63) is 30.3 Å². The lowest BCUT2D eigenvalue weighted by atomic mass is 10.0. The van der Waals surface area contributed by atoms with Gasteiger partial charge in [-0.15, -0.1) is 0 Å². The predicted molar refractivity (Wildman–Crippen MR) is 92.2 cm³/mol. The third-order valence-electron chi connectivity index (χ3n) is 4.38. The molecule has 2 N–H and O–H groups in total. The number of carbonyl (C=O) groups is 1. The number of unbranched alkanes of at least 4 members (excludes halogenated alkanes) is 1. The summed E-state index contributed by atoms with van der Waals surface area (Å²) in [6.07, 6.45) is 5.05. The molecule has 1 unspecified atom stereocenters. The highest BCUT2D eigenvalue weighted by molar-refractivity contribution is 5.75. The normalized spacial score (nSPS) is 17.4. The van der Waals surface area contributed by atoms with E-state index in [1.807, 2.05) is 6.07 Å². The molecule has 0 aromatic heterocycles. The maximum atomic E-state index is 11.8. The maximum absolute atomic E-state index is 11.8. The minimum Gasteiger partial charge on any atom is -0.375 e. The van der Waals surface area contributed by atoms with Crippen LogP contribution < -0.4 is 15.5 Å². The molecule has 1 aliphatic heterocycles. The quantitative estimate of drug-likeness (QED) is 0.689. The molecule has 1 saturated heterocycles. The van der Waals surface area contributed by atoms with Crippen molar-refractivity contribution in [3.63, 3.8) is 0 Å². The van der Waals surface area contributed by atoms with Crippen molar-refractivity contribution in [2.24, 2.45) is 5.92 Å². The summed E-state index contributed by atoms with van der Waals surface area (Å²) >= 11 is 0. The van der Waals surface area contributed by atoms with Crippen LogP contribution >= 0.6 is 0 Å². The van der Waals surface area contributed by atoms with E-state index in [2.05, 4.69) is 46.8 Å². The zero-order valence-corrected chi connectivity index (χ0v) is 13.7. The molecule has 1 aromatic carbocycles. The van der Waals surface area contributed by atoms with Crippen molar-refractivity contribution in [1.82, 2.24) is 10.6 Å². The molecule has 0 bridgehead atoms. The number of para-hydroxylation sites is 1. The zero-order chi connectivity index (χ0) is 15.6. The van der Waals surface area contributed by atoms with E-state index in [0.717, 1.165) is 45.4 Å². The first-order chi connectivity index (χ1) is 10.8. The SMILES string of the molecule is CN(CCCCNC(=O)CCC1CCNC1)c1ccccc1. The molecule has 1 fully saturated rings. The molecule has 1 atom stereocenters. The minimum absolute atomic E-state index is 0.211. The van der Waals surface area contributed by atoms with Crippen LogP contribution in [-0.4, -0.2) is 39.1 Å². The summed E-state index contributed by atoms with van der Waals surface area (Å²) in [5, 5.41) is 6.39. The van der Waals surface area contributed by atoms with Crippen molar-refractivity contribution in [3.8, 4) is 0 Å². The Morgan fingerprint density at radius 1 is 1.32 bits per heavy atom. The Hall–Kier alpha value is -1.55. The van der Waals surface area contributed by atoms with E-state index in [0.29, 0.717) is 12.3 Å². The van der Waals surface area contributed by atoms with E-state index in [4.69, 9.17) is 0 Å². The first-order valence-corrected chi connectivity index (χ1v) is 8.49. The van der Waals surface area contributed by atoms with Crippen molar-refractivity contribution in [2.75, 3.05) is 38.1 Å². The highest BCUT2D eigenvalue weighted by Crippen LogP contribution is 2.14. The molecule has 1 aliphatic rings. The Kier molecular flexibility index (Phi) is 7.23. The summed E-state index contributed by atoms with van der Waals surface area (Å²) < 4.78 is 0. The molecule has 2 rings (SSSR count). The fourth-order valence-electron chi connectivity index (χ4n) is 2.90. The van der Waals surface area contributed by atoms with Crippen LogP contribution in [0.2, 0.25) is 0 Å². The Labute approximate surface area is 134 Å². The van der Waals surface area contributed by atoms with E-state index in [1.54, 1.807) is 0 Å². The average molecular weight is 303 g/mol. The van der Waals surface area contributed by atoms with Gasteiger partial charge in [0.1, 0.15) is 0 Å². The monoisotopic (exact) mass is 303 g/mol. The standard InChI is InChI=1S/C18H29N3O/c1-21(17-7-3-2-4-8-17)14-6-5-12-20-18(22)10-9-16-11-13-19-15-16/h2-4,7-8,16,19H,5-6,9-15H2,1H3,(H,20,22). The summed E-state index contributed by atoms with van der Waals surface area (Å²) in [7, 11) is 2.11. The highest BCUT2D eigenvalue weighted by Gasteiger charge is 2.15. The van der Waals surface area contributed by atoms with Gasteiger partial charge in [0.05, 0.1) is 0 Å².